The molecule has 5 heteroatoms. The summed E-state index contributed by atoms with van der Waals surface area (Å²) >= 11 is 0. The molecule has 3 aromatic carbocycles. The van der Waals surface area contributed by atoms with Crippen molar-refractivity contribution in [2.45, 2.75) is 20.4 Å². The third-order valence-electron chi connectivity index (χ3n) is 5.73. The first kappa shape index (κ1) is 19.0. The highest BCUT2D eigenvalue weighted by molar-refractivity contribution is 6.15. The van der Waals surface area contributed by atoms with Crippen LogP contribution in [0.2, 0.25) is 0 Å². The normalized spacial score (nSPS) is 11.2. The molecule has 0 saturated heterocycles. The van der Waals surface area contributed by atoms with E-state index in [-0.39, 0.29) is 5.91 Å². The Bertz CT molecular complexity index is 1420. The van der Waals surface area contributed by atoms with Crippen molar-refractivity contribution in [3.8, 4) is 5.69 Å². The number of carbonyl (C=O) groups excluding carboxylic acids is 1. The lowest BCUT2D eigenvalue weighted by molar-refractivity contribution is 0.0952. The van der Waals surface area contributed by atoms with Gasteiger partial charge in [0.2, 0.25) is 0 Å². The zero-order valence-electron chi connectivity index (χ0n) is 17.5. The van der Waals surface area contributed by atoms with E-state index >= 15 is 0 Å². The summed E-state index contributed by atoms with van der Waals surface area (Å²) in [6, 6.07) is 23.9. The zero-order chi connectivity index (χ0) is 21.4. The maximum atomic E-state index is 13.2. The molecule has 1 N–H and O–H groups in total. The summed E-state index contributed by atoms with van der Waals surface area (Å²) in [5, 5.41) is 10.9. The number of nitrogens with zero attached hydrogens (tertiary/aromatic N) is 3. The molecule has 0 unspecified atom stereocenters. The van der Waals surface area contributed by atoms with Gasteiger partial charge < -0.3 is 5.32 Å². The Hall–Kier alpha value is -3.99. The van der Waals surface area contributed by atoms with E-state index in [1.54, 1.807) is 6.20 Å². The second kappa shape index (κ2) is 7.69. The highest BCUT2D eigenvalue weighted by Gasteiger charge is 2.17. The summed E-state index contributed by atoms with van der Waals surface area (Å²) in [5.41, 5.74) is 5.25. The summed E-state index contributed by atoms with van der Waals surface area (Å²) < 4.78 is 1.92. The van der Waals surface area contributed by atoms with Gasteiger partial charge in [-0.15, -0.1) is 0 Å². The van der Waals surface area contributed by atoms with Crippen LogP contribution in [-0.4, -0.2) is 20.7 Å². The standard InChI is InChI=1S/C26H22N4O/c1-17-24(18(2)30(29-17)20-10-4-3-5-11-20)16-28-26(31)23-15-19-9-6-7-12-21(19)22-13-8-14-27-25(22)23/h3-15H,16H2,1-2H3,(H,28,31). The summed E-state index contributed by atoms with van der Waals surface area (Å²) in [6.45, 7) is 4.41. The number of para-hydroxylation sites is 1. The molecule has 0 bridgehead atoms. The molecule has 0 aliphatic carbocycles. The topological polar surface area (TPSA) is 59.8 Å². The van der Waals surface area contributed by atoms with E-state index in [0.717, 1.165) is 38.8 Å². The molecular weight excluding hydrogens is 384 g/mol. The molecule has 5 nitrogen and oxygen atoms in total. The molecule has 5 aromatic rings. The lowest BCUT2D eigenvalue weighted by Gasteiger charge is -2.11. The van der Waals surface area contributed by atoms with Gasteiger partial charge in [0.05, 0.1) is 22.5 Å². The van der Waals surface area contributed by atoms with E-state index < -0.39 is 0 Å². The highest BCUT2D eigenvalue weighted by atomic mass is 16.1. The number of hydrogen-bond donors (Lipinski definition) is 1. The van der Waals surface area contributed by atoms with Gasteiger partial charge in [-0.1, -0.05) is 48.5 Å². The second-order valence-corrected chi connectivity index (χ2v) is 7.62. The average molecular weight is 406 g/mol. The van der Waals surface area contributed by atoms with Crippen LogP contribution < -0.4 is 5.32 Å². The van der Waals surface area contributed by atoms with Gasteiger partial charge in [0.25, 0.3) is 5.91 Å². The number of hydrogen-bond acceptors (Lipinski definition) is 3. The van der Waals surface area contributed by atoms with Crippen LogP contribution in [0.15, 0.2) is 79.0 Å². The monoisotopic (exact) mass is 406 g/mol. The molecule has 0 radical (unpaired) electrons. The Morgan fingerprint density at radius 2 is 1.68 bits per heavy atom. The van der Waals surface area contributed by atoms with Crippen LogP contribution in [0.4, 0.5) is 0 Å². The van der Waals surface area contributed by atoms with Crippen molar-refractivity contribution >= 4 is 27.6 Å². The quantitative estimate of drug-likeness (QED) is 0.422. The first-order valence-corrected chi connectivity index (χ1v) is 10.3. The number of benzene rings is 3. The van der Waals surface area contributed by atoms with Crippen molar-refractivity contribution in [3.63, 3.8) is 0 Å². The molecule has 0 aliphatic rings. The van der Waals surface area contributed by atoms with E-state index in [1.807, 2.05) is 85.3 Å². The van der Waals surface area contributed by atoms with Crippen molar-refractivity contribution in [1.29, 1.82) is 0 Å². The van der Waals surface area contributed by atoms with Crippen LogP contribution in [0, 0.1) is 13.8 Å². The SMILES string of the molecule is Cc1nn(-c2ccccc2)c(C)c1CNC(=O)c1cc2ccccc2c2cccnc12. The smallest absolute Gasteiger partial charge is 0.253 e. The number of amides is 1. The van der Waals surface area contributed by atoms with E-state index in [9.17, 15) is 4.79 Å². The minimum Gasteiger partial charge on any atom is -0.348 e. The lowest BCUT2D eigenvalue weighted by Crippen LogP contribution is -2.24. The zero-order valence-corrected chi connectivity index (χ0v) is 17.5. The average Bonchev–Trinajstić information content (AvgIpc) is 3.10. The summed E-state index contributed by atoms with van der Waals surface area (Å²) in [7, 11) is 0. The molecule has 31 heavy (non-hydrogen) atoms. The minimum absolute atomic E-state index is 0.138. The Kier molecular flexibility index (Phi) is 4.71. The van der Waals surface area contributed by atoms with Crippen LogP contribution in [0.5, 0.6) is 0 Å². The third kappa shape index (κ3) is 3.34. The van der Waals surface area contributed by atoms with E-state index in [2.05, 4.69) is 21.5 Å². The summed E-state index contributed by atoms with van der Waals surface area (Å²) in [4.78, 5) is 17.7. The van der Waals surface area contributed by atoms with Gasteiger partial charge in [-0.25, -0.2) is 4.68 Å². The number of aryl methyl sites for hydroxylation is 1. The fourth-order valence-electron chi connectivity index (χ4n) is 4.12. The van der Waals surface area contributed by atoms with Crippen molar-refractivity contribution in [2.24, 2.45) is 0 Å². The third-order valence-corrected chi connectivity index (χ3v) is 5.73. The number of fused-ring (bicyclic) bond motifs is 3. The van der Waals surface area contributed by atoms with Gasteiger partial charge in [-0.2, -0.15) is 5.10 Å². The molecular formula is C26H22N4O. The van der Waals surface area contributed by atoms with E-state index in [0.29, 0.717) is 17.6 Å². The Morgan fingerprint density at radius 1 is 0.935 bits per heavy atom. The largest absolute Gasteiger partial charge is 0.348 e. The summed E-state index contributed by atoms with van der Waals surface area (Å²) in [5.74, 6) is -0.138. The van der Waals surface area contributed by atoms with Crippen LogP contribution in [-0.2, 0) is 6.54 Å². The maximum absolute atomic E-state index is 13.2. The molecule has 2 heterocycles. The number of aromatic nitrogens is 3. The molecule has 2 aromatic heterocycles. The predicted octanol–water partition coefficient (Wildman–Crippen LogP) is 5.12. The van der Waals surface area contributed by atoms with Gasteiger partial charge in [0.15, 0.2) is 0 Å². The molecule has 1 amide bonds. The van der Waals surface area contributed by atoms with Crippen LogP contribution in [0.3, 0.4) is 0 Å². The van der Waals surface area contributed by atoms with Gasteiger partial charge in [0.1, 0.15) is 0 Å². The summed E-state index contributed by atoms with van der Waals surface area (Å²) in [6.07, 6.45) is 1.73. The van der Waals surface area contributed by atoms with Crippen LogP contribution in [0.25, 0.3) is 27.4 Å². The van der Waals surface area contributed by atoms with Crippen molar-refractivity contribution < 1.29 is 4.79 Å². The molecule has 0 atom stereocenters. The molecule has 5 rings (SSSR count). The minimum atomic E-state index is -0.138. The van der Waals surface area contributed by atoms with Gasteiger partial charge in [0, 0.05) is 29.4 Å². The first-order chi connectivity index (χ1) is 15.1. The Labute approximate surface area is 180 Å². The number of nitrogens with one attached hydrogen (secondary N) is 1. The maximum Gasteiger partial charge on any atom is 0.253 e. The van der Waals surface area contributed by atoms with Gasteiger partial charge in [-0.3, -0.25) is 9.78 Å². The lowest BCUT2D eigenvalue weighted by atomic mass is 10.0. The number of pyridine rings is 1. The Balaban J connectivity index is 1.48. The predicted molar refractivity (Wildman–Crippen MR) is 123 cm³/mol. The number of carbonyl (C=O) groups is 1. The molecule has 152 valence electrons. The molecule has 0 spiro atoms. The molecule has 0 fully saturated rings. The second-order valence-electron chi connectivity index (χ2n) is 7.62. The van der Waals surface area contributed by atoms with Gasteiger partial charge >= 0.3 is 0 Å². The van der Waals surface area contributed by atoms with Crippen molar-refractivity contribution in [1.82, 2.24) is 20.1 Å². The van der Waals surface area contributed by atoms with Crippen molar-refractivity contribution in [3.05, 3.63) is 102 Å². The molecule has 0 saturated carbocycles. The van der Waals surface area contributed by atoms with Crippen molar-refractivity contribution in [2.75, 3.05) is 0 Å². The van der Waals surface area contributed by atoms with Crippen LogP contribution in [0.1, 0.15) is 27.3 Å². The van der Waals surface area contributed by atoms with Gasteiger partial charge in [-0.05, 0) is 48.9 Å². The number of rotatable bonds is 4. The first-order valence-electron chi connectivity index (χ1n) is 10.3. The van der Waals surface area contributed by atoms with E-state index in [1.165, 1.54) is 0 Å². The highest BCUT2D eigenvalue weighted by Crippen LogP contribution is 2.27. The van der Waals surface area contributed by atoms with E-state index in [4.69, 9.17) is 0 Å². The van der Waals surface area contributed by atoms with Crippen LogP contribution >= 0.6 is 0 Å². The fourth-order valence-corrected chi connectivity index (χ4v) is 4.12. The Morgan fingerprint density at radius 3 is 2.52 bits per heavy atom. The fraction of sp³-hybridized carbons (Fsp3) is 0.115. The molecule has 0 aliphatic heterocycles.